The lowest BCUT2D eigenvalue weighted by Crippen LogP contribution is -2.54. The van der Waals surface area contributed by atoms with E-state index in [9.17, 15) is 14.9 Å². The predicted octanol–water partition coefficient (Wildman–Crippen LogP) is 1.58. The van der Waals surface area contributed by atoms with Gasteiger partial charge in [0.2, 0.25) is 5.54 Å². The maximum Gasteiger partial charge on any atom is 0.238 e. The Morgan fingerprint density at radius 1 is 1.47 bits per heavy atom. The highest BCUT2D eigenvalue weighted by Gasteiger charge is 2.68. The number of hydrogen-bond acceptors (Lipinski definition) is 3. The summed E-state index contributed by atoms with van der Waals surface area (Å²) in [6.45, 7) is 0. The zero-order valence-corrected chi connectivity index (χ0v) is 8.39. The standard InChI is InChI=1S/C11H13NO3/c13-9-2-1-5-11(12(14)15)8-4-3-7(6-8)10(9)11/h3-4,7-8,10H,1-2,5-6H2/t7-,8+,10-,11+/m0/s1. The van der Waals surface area contributed by atoms with Crippen LogP contribution in [-0.2, 0) is 4.79 Å². The van der Waals surface area contributed by atoms with Crippen molar-refractivity contribution in [2.24, 2.45) is 17.8 Å². The number of rotatable bonds is 1. The van der Waals surface area contributed by atoms with Crippen LogP contribution in [0.4, 0.5) is 0 Å². The minimum absolute atomic E-state index is 0.00625. The highest BCUT2D eigenvalue weighted by atomic mass is 16.6. The summed E-state index contributed by atoms with van der Waals surface area (Å²) in [6, 6.07) is 0. The van der Waals surface area contributed by atoms with E-state index >= 15 is 0 Å². The minimum Gasteiger partial charge on any atom is -0.299 e. The van der Waals surface area contributed by atoms with E-state index in [4.69, 9.17) is 0 Å². The Morgan fingerprint density at radius 3 is 2.93 bits per heavy atom. The molecule has 0 radical (unpaired) electrons. The Kier molecular flexibility index (Phi) is 1.62. The second-order valence-corrected chi connectivity index (χ2v) is 4.94. The van der Waals surface area contributed by atoms with Crippen molar-refractivity contribution in [2.75, 3.05) is 0 Å². The van der Waals surface area contributed by atoms with Crippen molar-refractivity contribution < 1.29 is 9.72 Å². The van der Waals surface area contributed by atoms with Crippen molar-refractivity contribution in [1.82, 2.24) is 0 Å². The Hall–Kier alpha value is -1.19. The van der Waals surface area contributed by atoms with E-state index in [-0.39, 0.29) is 28.5 Å². The Labute approximate surface area is 87.5 Å². The molecule has 3 aliphatic rings. The number of carbonyl (C=O) groups is 1. The molecule has 0 aromatic carbocycles. The van der Waals surface area contributed by atoms with Crippen molar-refractivity contribution in [2.45, 2.75) is 31.2 Å². The molecule has 0 amide bonds. The molecule has 15 heavy (non-hydrogen) atoms. The summed E-state index contributed by atoms with van der Waals surface area (Å²) >= 11 is 0. The molecule has 0 spiro atoms. The van der Waals surface area contributed by atoms with Gasteiger partial charge in [-0.05, 0) is 18.8 Å². The van der Waals surface area contributed by atoms with Gasteiger partial charge >= 0.3 is 0 Å². The Balaban J connectivity index is 2.11. The van der Waals surface area contributed by atoms with E-state index in [1.54, 1.807) is 0 Å². The van der Waals surface area contributed by atoms with Gasteiger partial charge in [-0.1, -0.05) is 12.2 Å². The first-order valence-corrected chi connectivity index (χ1v) is 5.52. The van der Waals surface area contributed by atoms with Gasteiger partial charge < -0.3 is 0 Å². The molecule has 2 fully saturated rings. The third kappa shape index (κ3) is 0.899. The number of allylic oxidation sites excluding steroid dienone is 1. The molecule has 0 N–H and O–H groups in total. The fraction of sp³-hybridized carbons (Fsp3) is 0.727. The molecular formula is C11H13NO3. The molecule has 4 heteroatoms. The van der Waals surface area contributed by atoms with Crippen LogP contribution in [0, 0.1) is 27.9 Å². The summed E-state index contributed by atoms with van der Waals surface area (Å²) in [7, 11) is 0. The average Bonchev–Trinajstić information content (AvgIpc) is 2.77. The molecule has 2 bridgehead atoms. The zero-order valence-electron chi connectivity index (χ0n) is 8.39. The lowest BCUT2D eigenvalue weighted by Gasteiger charge is -2.36. The van der Waals surface area contributed by atoms with Gasteiger partial charge in [-0.2, -0.15) is 0 Å². The summed E-state index contributed by atoms with van der Waals surface area (Å²) in [5, 5.41) is 11.3. The molecule has 80 valence electrons. The van der Waals surface area contributed by atoms with Crippen LogP contribution in [0.5, 0.6) is 0 Å². The first-order chi connectivity index (χ1) is 7.16. The summed E-state index contributed by atoms with van der Waals surface area (Å²) in [5.41, 5.74) is -0.936. The minimum atomic E-state index is -0.936. The van der Waals surface area contributed by atoms with Crippen LogP contribution in [0.3, 0.4) is 0 Å². The van der Waals surface area contributed by atoms with E-state index in [1.165, 1.54) is 0 Å². The molecule has 3 rings (SSSR count). The predicted molar refractivity (Wildman–Crippen MR) is 52.8 cm³/mol. The van der Waals surface area contributed by atoms with E-state index in [2.05, 4.69) is 0 Å². The average molecular weight is 207 g/mol. The Bertz CT molecular complexity index is 374. The molecule has 2 saturated carbocycles. The maximum atomic E-state index is 11.8. The van der Waals surface area contributed by atoms with Gasteiger partial charge in [0, 0.05) is 23.7 Å². The van der Waals surface area contributed by atoms with Crippen LogP contribution in [0.15, 0.2) is 12.2 Å². The molecule has 4 atom stereocenters. The molecular weight excluding hydrogens is 194 g/mol. The normalized spacial score (nSPS) is 46.9. The second kappa shape index (κ2) is 2.68. The summed E-state index contributed by atoms with van der Waals surface area (Å²) in [6.07, 6.45) is 6.60. The van der Waals surface area contributed by atoms with Gasteiger partial charge in [-0.3, -0.25) is 14.9 Å². The van der Waals surface area contributed by atoms with E-state index in [0.29, 0.717) is 19.3 Å². The maximum absolute atomic E-state index is 11.8. The van der Waals surface area contributed by atoms with Crippen molar-refractivity contribution in [3.63, 3.8) is 0 Å². The number of nitro groups is 1. The van der Waals surface area contributed by atoms with Gasteiger partial charge in [0.1, 0.15) is 5.78 Å². The van der Waals surface area contributed by atoms with Crippen LogP contribution < -0.4 is 0 Å². The monoisotopic (exact) mass is 207 g/mol. The molecule has 0 heterocycles. The highest BCUT2D eigenvalue weighted by Crippen LogP contribution is 2.56. The van der Waals surface area contributed by atoms with Gasteiger partial charge in [0.05, 0.1) is 5.92 Å². The van der Waals surface area contributed by atoms with Gasteiger partial charge in [0.25, 0.3) is 0 Å². The van der Waals surface area contributed by atoms with Crippen LogP contribution in [0.1, 0.15) is 25.7 Å². The van der Waals surface area contributed by atoms with Crippen molar-refractivity contribution in [1.29, 1.82) is 0 Å². The molecule has 0 aromatic rings. The number of nitrogens with zero attached hydrogens (tertiary/aromatic N) is 1. The number of ketones is 1. The fourth-order valence-corrected chi connectivity index (χ4v) is 3.85. The van der Waals surface area contributed by atoms with Gasteiger partial charge in [0.15, 0.2) is 0 Å². The summed E-state index contributed by atoms with van der Waals surface area (Å²) < 4.78 is 0. The number of Topliss-reactive ketones (excluding diaryl/α,β-unsaturated/α-hetero) is 1. The molecule has 4 nitrogen and oxygen atoms in total. The largest absolute Gasteiger partial charge is 0.299 e. The highest BCUT2D eigenvalue weighted by molar-refractivity contribution is 5.84. The van der Waals surface area contributed by atoms with Crippen LogP contribution in [-0.4, -0.2) is 16.2 Å². The third-order valence-corrected chi connectivity index (χ3v) is 4.41. The number of hydrogen-bond donors (Lipinski definition) is 0. The molecule has 0 unspecified atom stereocenters. The smallest absolute Gasteiger partial charge is 0.238 e. The summed E-state index contributed by atoms with van der Waals surface area (Å²) in [4.78, 5) is 23.0. The first kappa shape index (κ1) is 9.07. The second-order valence-electron chi connectivity index (χ2n) is 4.94. The zero-order chi connectivity index (χ0) is 10.6. The van der Waals surface area contributed by atoms with Crippen LogP contribution in [0.2, 0.25) is 0 Å². The van der Waals surface area contributed by atoms with E-state index < -0.39 is 5.54 Å². The van der Waals surface area contributed by atoms with Crippen molar-refractivity contribution in [3.8, 4) is 0 Å². The van der Waals surface area contributed by atoms with Gasteiger partial charge in [-0.25, -0.2) is 0 Å². The van der Waals surface area contributed by atoms with E-state index in [0.717, 1.165) is 6.42 Å². The quantitative estimate of drug-likeness (QED) is 0.372. The molecule has 0 saturated heterocycles. The lowest BCUT2D eigenvalue weighted by molar-refractivity contribution is -0.585. The fourth-order valence-electron chi connectivity index (χ4n) is 3.85. The van der Waals surface area contributed by atoms with E-state index in [1.807, 2.05) is 12.2 Å². The lowest BCUT2D eigenvalue weighted by atomic mass is 9.67. The van der Waals surface area contributed by atoms with Crippen LogP contribution >= 0.6 is 0 Å². The van der Waals surface area contributed by atoms with Crippen molar-refractivity contribution >= 4 is 5.78 Å². The van der Waals surface area contributed by atoms with Crippen LogP contribution in [0.25, 0.3) is 0 Å². The van der Waals surface area contributed by atoms with Crippen molar-refractivity contribution in [3.05, 3.63) is 22.3 Å². The SMILES string of the molecule is O=C1CCC[C@@]2([N+](=O)[O-])[C@@H]3C=C[C@@H](C3)[C@@H]12. The molecule has 0 aromatic heterocycles. The summed E-state index contributed by atoms with van der Waals surface area (Å²) in [5.74, 6) is -0.0500. The van der Waals surface area contributed by atoms with Gasteiger partial charge in [-0.15, -0.1) is 0 Å². The molecule has 3 aliphatic carbocycles. The number of fused-ring (bicyclic) bond motifs is 5. The first-order valence-electron chi connectivity index (χ1n) is 5.52. The topological polar surface area (TPSA) is 60.2 Å². The number of carbonyl (C=O) groups excluding carboxylic acids is 1. The Morgan fingerprint density at radius 2 is 2.27 bits per heavy atom. The molecule has 0 aliphatic heterocycles. The third-order valence-electron chi connectivity index (χ3n) is 4.41.